The lowest BCUT2D eigenvalue weighted by atomic mass is 10.1. The predicted molar refractivity (Wildman–Crippen MR) is 120 cm³/mol. The van der Waals surface area contributed by atoms with Crippen LogP contribution < -0.4 is 15.2 Å². The molecule has 2 aromatic heterocycles. The Labute approximate surface area is 185 Å². The number of nitrogens with zero attached hydrogens (tertiary/aromatic N) is 4. The third-order valence-corrected chi connectivity index (χ3v) is 5.78. The largest absolute Gasteiger partial charge is 0.495 e. The number of anilines is 1. The van der Waals surface area contributed by atoms with E-state index in [9.17, 15) is 14.0 Å². The molecule has 0 N–H and O–H groups in total. The van der Waals surface area contributed by atoms with Gasteiger partial charge in [0.2, 0.25) is 0 Å². The fourth-order valence-electron chi connectivity index (χ4n) is 4.08. The monoisotopic (exact) mass is 436 g/mol. The number of hydrogen-bond acceptors (Lipinski definition) is 5. The van der Waals surface area contributed by atoms with E-state index in [4.69, 9.17) is 4.74 Å². The van der Waals surface area contributed by atoms with Gasteiger partial charge in [0.25, 0.3) is 11.5 Å². The van der Waals surface area contributed by atoms with Crippen molar-refractivity contribution in [1.29, 1.82) is 0 Å². The number of aromatic nitrogens is 2. The van der Waals surface area contributed by atoms with Crippen LogP contribution in [0.3, 0.4) is 0 Å². The first-order valence-corrected chi connectivity index (χ1v) is 10.4. The highest BCUT2D eigenvalue weighted by molar-refractivity contribution is 5.95. The van der Waals surface area contributed by atoms with Gasteiger partial charge in [0.05, 0.1) is 19.0 Å². The first-order chi connectivity index (χ1) is 15.4. The summed E-state index contributed by atoms with van der Waals surface area (Å²) >= 11 is 0. The van der Waals surface area contributed by atoms with Gasteiger partial charge in [-0.25, -0.2) is 9.37 Å². The third-order valence-electron chi connectivity index (χ3n) is 5.78. The molecule has 3 heterocycles. The number of piperazine rings is 1. The standard InChI is InChI=1S/C24H25FN4O3/c1-16-10-11-29(19-6-4-5-7-20(19)32-3)24(31)22(16)23(30)27-12-13-28(17(2)15-27)21-9-8-18(25)14-26-21/h4-11,14,17H,12-13,15H2,1-3H3. The molecule has 7 nitrogen and oxygen atoms in total. The number of carbonyl (C=O) groups excluding carboxylic acids is 1. The average Bonchev–Trinajstić information content (AvgIpc) is 2.80. The van der Waals surface area contributed by atoms with Crippen LogP contribution in [0.2, 0.25) is 0 Å². The van der Waals surface area contributed by atoms with Gasteiger partial charge in [0, 0.05) is 31.9 Å². The molecule has 3 aromatic rings. The van der Waals surface area contributed by atoms with Gasteiger partial charge in [-0.15, -0.1) is 0 Å². The second kappa shape index (κ2) is 8.82. The maximum atomic E-state index is 13.4. The fourth-order valence-corrected chi connectivity index (χ4v) is 4.08. The van der Waals surface area contributed by atoms with Crippen molar-refractivity contribution in [3.05, 3.63) is 82.2 Å². The quantitative estimate of drug-likeness (QED) is 0.629. The zero-order valence-corrected chi connectivity index (χ0v) is 18.3. The lowest BCUT2D eigenvalue weighted by Crippen LogP contribution is -2.54. The highest BCUT2D eigenvalue weighted by Crippen LogP contribution is 2.23. The van der Waals surface area contributed by atoms with Gasteiger partial charge in [-0.05, 0) is 49.7 Å². The molecule has 1 unspecified atom stereocenters. The van der Waals surface area contributed by atoms with E-state index in [0.29, 0.717) is 42.5 Å². The number of para-hydroxylation sites is 2. The highest BCUT2D eigenvalue weighted by atomic mass is 19.1. The Kier molecular flexibility index (Phi) is 5.94. The maximum Gasteiger partial charge on any atom is 0.268 e. The summed E-state index contributed by atoms with van der Waals surface area (Å²) in [6.45, 7) is 5.15. The summed E-state index contributed by atoms with van der Waals surface area (Å²) in [5, 5.41) is 0. The minimum Gasteiger partial charge on any atom is -0.495 e. The number of benzene rings is 1. The molecule has 4 rings (SSSR count). The molecule has 0 aliphatic carbocycles. The number of halogens is 1. The van der Waals surface area contributed by atoms with Gasteiger partial charge in [0.15, 0.2) is 0 Å². The van der Waals surface area contributed by atoms with E-state index in [1.54, 1.807) is 49.4 Å². The average molecular weight is 436 g/mol. The number of rotatable bonds is 4. The summed E-state index contributed by atoms with van der Waals surface area (Å²) in [5.41, 5.74) is 0.977. The zero-order valence-electron chi connectivity index (χ0n) is 18.3. The summed E-state index contributed by atoms with van der Waals surface area (Å²) in [7, 11) is 1.54. The summed E-state index contributed by atoms with van der Waals surface area (Å²) in [6, 6.07) is 11.9. The van der Waals surface area contributed by atoms with E-state index in [2.05, 4.69) is 4.98 Å². The third kappa shape index (κ3) is 3.95. The Balaban J connectivity index is 1.61. The van der Waals surface area contributed by atoms with Gasteiger partial charge >= 0.3 is 0 Å². The molecule has 1 aliphatic rings. The van der Waals surface area contributed by atoms with Crippen LogP contribution in [0.5, 0.6) is 5.75 Å². The van der Waals surface area contributed by atoms with Crippen LogP contribution in [0.1, 0.15) is 22.8 Å². The normalized spacial score (nSPS) is 16.2. The Morgan fingerprint density at radius 2 is 1.94 bits per heavy atom. The van der Waals surface area contributed by atoms with Gasteiger partial charge in [-0.2, -0.15) is 0 Å². The lowest BCUT2D eigenvalue weighted by molar-refractivity contribution is 0.0723. The van der Waals surface area contributed by atoms with E-state index in [1.165, 1.54) is 16.8 Å². The minimum absolute atomic E-state index is 0.0360. The summed E-state index contributed by atoms with van der Waals surface area (Å²) in [5.74, 6) is 0.530. The zero-order chi connectivity index (χ0) is 22.8. The lowest BCUT2D eigenvalue weighted by Gasteiger charge is -2.40. The molecule has 0 spiro atoms. The Bertz CT molecular complexity index is 1190. The van der Waals surface area contributed by atoms with Gasteiger partial charge < -0.3 is 14.5 Å². The van der Waals surface area contributed by atoms with Crippen molar-refractivity contribution in [3.8, 4) is 11.4 Å². The fraction of sp³-hybridized carbons (Fsp3) is 0.292. The van der Waals surface area contributed by atoms with Crippen molar-refractivity contribution in [1.82, 2.24) is 14.5 Å². The molecule has 1 amide bonds. The van der Waals surface area contributed by atoms with Crippen LogP contribution in [-0.2, 0) is 0 Å². The molecule has 166 valence electrons. The first-order valence-electron chi connectivity index (χ1n) is 10.4. The first kappa shape index (κ1) is 21.5. The van der Waals surface area contributed by atoms with Crippen molar-refractivity contribution in [3.63, 3.8) is 0 Å². The van der Waals surface area contributed by atoms with Crippen molar-refractivity contribution in [2.45, 2.75) is 19.9 Å². The highest BCUT2D eigenvalue weighted by Gasteiger charge is 2.30. The number of pyridine rings is 2. The van der Waals surface area contributed by atoms with E-state index >= 15 is 0 Å². The Hall–Kier alpha value is -3.68. The molecule has 0 saturated carbocycles. The van der Waals surface area contributed by atoms with E-state index in [1.807, 2.05) is 24.0 Å². The van der Waals surface area contributed by atoms with Crippen LogP contribution in [0.25, 0.3) is 5.69 Å². The predicted octanol–water partition coefficient (Wildman–Crippen LogP) is 3.04. The SMILES string of the molecule is COc1ccccc1-n1ccc(C)c(C(=O)N2CCN(c3ccc(F)cn3)C(C)C2)c1=O. The van der Waals surface area contributed by atoms with Crippen LogP contribution in [0, 0.1) is 12.7 Å². The molecule has 1 saturated heterocycles. The topological polar surface area (TPSA) is 67.7 Å². The molecule has 0 radical (unpaired) electrons. The summed E-state index contributed by atoms with van der Waals surface area (Å²) in [6.07, 6.45) is 2.85. The number of amides is 1. The van der Waals surface area contributed by atoms with Crippen molar-refractivity contribution in [2.24, 2.45) is 0 Å². The molecule has 8 heteroatoms. The maximum absolute atomic E-state index is 13.4. The number of ether oxygens (including phenoxy) is 1. The van der Waals surface area contributed by atoms with Crippen LogP contribution in [-0.4, -0.2) is 53.1 Å². The van der Waals surface area contributed by atoms with Crippen LogP contribution in [0.15, 0.2) is 59.7 Å². The van der Waals surface area contributed by atoms with Crippen LogP contribution >= 0.6 is 0 Å². The molecule has 1 fully saturated rings. The molecule has 0 bridgehead atoms. The molecule has 1 aliphatic heterocycles. The number of hydrogen-bond donors (Lipinski definition) is 0. The summed E-state index contributed by atoms with van der Waals surface area (Å²) in [4.78, 5) is 34.6. The van der Waals surface area contributed by atoms with Gasteiger partial charge in [0.1, 0.15) is 22.9 Å². The van der Waals surface area contributed by atoms with E-state index in [-0.39, 0.29) is 28.9 Å². The second-order valence-electron chi connectivity index (χ2n) is 7.85. The molecule has 1 aromatic carbocycles. The van der Waals surface area contributed by atoms with Crippen molar-refractivity contribution in [2.75, 3.05) is 31.6 Å². The van der Waals surface area contributed by atoms with E-state index < -0.39 is 0 Å². The van der Waals surface area contributed by atoms with Gasteiger partial charge in [-0.3, -0.25) is 14.2 Å². The molecular formula is C24H25FN4O3. The summed E-state index contributed by atoms with van der Waals surface area (Å²) < 4.78 is 20.0. The van der Waals surface area contributed by atoms with E-state index in [0.717, 1.165) is 0 Å². The number of aryl methyl sites for hydroxylation is 1. The number of methoxy groups -OCH3 is 1. The Morgan fingerprint density at radius 3 is 2.62 bits per heavy atom. The van der Waals surface area contributed by atoms with Gasteiger partial charge in [-0.1, -0.05) is 12.1 Å². The second-order valence-corrected chi connectivity index (χ2v) is 7.85. The minimum atomic E-state index is -0.388. The van der Waals surface area contributed by atoms with Crippen molar-refractivity contribution < 1.29 is 13.9 Å². The molecular weight excluding hydrogens is 411 g/mol. The van der Waals surface area contributed by atoms with Crippen LogP contribution in [0.4, 0.5) is 10.2 Å². The van der Waals surface area contributed by atoms with Crippen molar-refractivity contribution >= 4 is 11.7 Å². The molecule has 32 heavy (non-hydrogen) atoms. The number of carbonyl (C=O) groups is 1. The smallest absolute Gasteiger partial charge is 0.268 e. The Morgan fingerprint density at radius 1 is 1.16 bits per heavy atom. The molecule has 1 atom stereocenters.